The summed E-state index contributed by atoms with van der Waals surface area (Å²) in [5.74, 6) is 2.13. The van der Waals surface area contributed by atoms with Crippen LogP contribution < -0.4 is 5.32 Å². The fourth-order valence-corrected chi connectivity index (χ4v) is 3.75. The first-order chi connectivity index (χ1) is 13.3. The molecule has 1 N–H and O–H groups in total. The number of carbonyl (C=O) groups excluding carboxylic acids is 1. The maximum Gasteiger partial charge on any atom is 0.317 e. The van der Waals surface area contributed by atoms with Crippen molar-refractivity contribution >= 4 is 6.03 Å². The van der Waals surface area contributed by atoms with E-state index in [0.29, 0.717) is 25.6 Å². The van der Waals surface area contributed by atoms with Crippen molar-refractivity contribution in [3.8, 4) is 0 Å². The highest BCUT2D eigenvalue weighted by atomic mass is 16.5. The minimum atomic E-state index is -0.00859. The van der Waals surface area contributed by atoms with Crippen molar-refractivity contribution < 1.29 is 14.1 Å². The zero-order valence-electron chi connectivity index (χ0n) is 15.5. The van der Waals surface area contributed by atoms with E-state index in [4.69, 9.17) is 9.26 Å². The van der Waals surface area contributed by atoms with E-state index in [1.54, 1.807) is 0 Å². The molecule has 0 radical (unpaired) electrons. The third kappa shape index (κ3) is 4.47. The van der Waals surface area contributed by atoms with Crippen LogP contribution in [-0.2, 0) is 11.3 Å². The molecule has 0 atom stereocenters. The first kappa shape index (κ1) is 18.0. The summed E-state index contributed by atoms with van der Waals surface area (Å²) in [4.78, 5) is 18.9. The molecule has 0 unspecified atom stereocenters. The summed E-state index contributed by atoms with van der Waals surface area (Å²) in [5.41, 5.74) is 1.10. The van der Waals surface area contributed by atoms with Crippen LogP contribution in [0.3, 0.4) is 0 Å². The van der Waals surface area contributed by atoms with E-state index in [-0.39, 0.29) is 11.9 Å². The van der Waals surface area contributed by atoms with Gasteiger partial charge < -0.3 is 19.5 Å². The van der Waals surface area contributed by atoms with Crippen molar-refractivity contribution in [3.63, 3.8) is 0 Å². The number of carbonyl (C=O) groups is 1. The second kappa shape index (κ2) is 8.52. The summed E-state index contributed by atoms with van der Waals surface area (Å²) in [5, 5.41) is 7.19. The molecule has 0 bridgehead atoms. The Bertz CT molecular complexity index is 735. The number of hydrogen-bond acceptors (Lipinski definition) is 5. The quantitative estimate of drug-likeness (QED) is 0.895. The molecule has 0 aliphatic carbocycles. The average molecular weight is 370 g/mol. The van der Waals surface area contributed by atoms with E-state index < -0.39 is 0 Å². The SMILES string of the molecule is O=C(NCc1ccccc1)N1CCC(c2nc(C3CCOCC3)no2)CC1. The molecule has 0 saturated carbocycles. The summed E-state index contributed by atoms with van der Waals surface area (Å²) in [6.07, 6.45) is 3.63. The Kier molecular flexibility index (Phi) is 5.67. The summed E-state index contributed by atoms with van der Waals surface area (Å²) < 4.78 is 10.9. The molecule has 144 valence electrons. The van der Waals surface area contributed by atoms with E-state index >= 15 is 0 Å². The molecule has 2 aliphatic rings. The third-order valence-corrected chi connectivity index (χ3v) is 5.46. The third-order valence-electron chi connectivity index (χ3n) is 5.46. The van der Waals surface area contributed by atoms with E-state index in [9.17, 15) is 4.79 Å². The molecule has 2 aromatic rings. The maximum atomic E-state index is 12.4. The zero-order chi connectivity index (χ0) is 18.5. The molecular weight excluding hydrogens is 344 g/mol. The Balaban J connectivity index is 1.26. The van der Waals surface area contributed by atoms with Gasteiger partial charge in [-0.25, -0.2) is 4.79 Å². The largest absolute Gasteiger partial charge is 0.381 e. The van der Waals surface area contributed by atoms with E-state index in [1.807, 2.05) is 35.2 Å². The highest BCUT2D eigenvalue weighted by Gasteiger charge is 2.29. The molecule has 1 aromatic heterocycles. The molecule has 3 heterocycles. The highest BCUT2D eigenvalue weighted by Crippen LogP contribution is 2.30. The summed E-state index contributed by atoms with van der Waals surface area (Å²) in [6, 6.07) is 9.95. The Morgan fingerprint density at radius 2 is 1.81 bits per heavy atom. The van der Waals surface area contributed by atoms with Crippen LogP contribution in [-0.4, -0.2) is 47.4 Å². The summed E-state index contributed by atoms with van der Waals surface area (Å²) in [7, 11) is 0. The number of benzene rings is 1. The smallest absolute Gasteiger partial charge is 0.317 e. The molecular formula is C20H26N4O3. The molecule has 7 heteroatoms. The van der Waals surface area contributed by atoms with Crippen LogP contribution in [0.15, 0.2) is 34.9 Å². The number of piperidine rings is 1. The Morgan fingerprint density at radius 3 is 2.56 bits per heavy atom. The van der Waals surface area contributed by atoms with Crippen molar-refractivity contribution in [2.24, 2.45) is 0 Å². The number of amides is 2. The van der Waals surface area contributed by atoms with Crippen LogP contribution in [0.25, 0.3) is 0 Å². The second-order valence-corrected chi connectivity index (χ2v) is 7.28. The van der Waals surface area contributed by atoms with Crippen molar-refractivity contribution in [1.29, 1.82) is 0 Å². The van der Waals surface area contributed by atoms with E-state index in [0.717, 1.165) is 56.2 Å². The number of hydrogen-bond donors (Lipinski definition) is 1. The van der Waals surface area contributed by atoms with Gasteiger partial charge in [0.2, 0.25) is 5.89 Å². The fourth-order valence-electron chi connectivity index (χ4n) is 3.75. The molecule has 2 fully saturated rings. The molecule has 2 saturated heterocycles. The Morgan fingerprint density at radius 1 is 1.07 bits per heavy atom. The molecule has 2 aliphatic heterocycles. The Labute approximate surface area is 159 Å². The van der Waals surface area contributed by atoms with Gasteiger partial charge in [0.1, 0.15) is 0 Å². The molecule has 7 nitrogen and oxygen atoms in total. The standard InChI is InChI=1S/C20H26N4O3/c25-20(21-14-15-4-2-1-3-5-15)24-10-6-17(7-11-24)19-22-18(23-27-19)16-8-12-26-13-9-16/h1-5,16-17H,6-14H2,(H,21,25). The van der Waals surface area contributed by atoms with Crippen LogP contribution in [0.1, 0.15) is 54.8 Å². The van der Waals surface area contributed by atoms with Gasteiger partial charge in [-0.2, -0.15) is 4.98 Å². The lowest BCUT2D eigenvalue weighted by atomic mass is 9.96. The van der Waals surface area contributed by atoms with Gasteiger partial charge in [0.15, 0.2) is 5.82 Å². The number of nitrogens with one attached hydrogen (secondary N) is 1. The van der Waals surface area contributed by atoms with Gasteiger partial charge >= 0.3 is 6.03 Å². The lowest BCUT2D eigenvalue weighted by Crippen LogP contribution is -2.43. The number of ether oxygens (including phenoxy) is 1. The summed E-state index contributed by atoms with van der Waals surface area (Å²) in [6.45, 7) is 3.51. The highest BCUT2D eigenvalue weighted by molar-refractivity contribution is 5.74. The fraction of sp³-hybridized carbons (Fsp3) is 0.550. The van der Waals surface area contributed by atoms with Crippen molar-refractivity contribution in [3.05, 3.63) is 47.6 Å². The van der Waals surface area contributed by atoms with Gasteiger partial charge in [0.25, 0.3) is 0 Å². The average Bonchev–Trinajstić information content (AvgIpc) is 3.24. The Hall–Kier alpha value is -2.41. The lowest BCUT2D eigenvalue weighted by Gasteiger charge is -2.30. The van der Waals surface area contributed by atoms with Gasteiger partial charge in [-0.05, 0) is 31.2 Å². The van der Waals surface area contributed by atoms with Crippen LogP contribution in [0.5, 0.6) is 0 Å². The predicted octanol–water partition coefficient (Wildman–Crippen LogP) is 3.05. The first-order valence-electron chi connectivity index (χ1n) is 9.77. The van der Waals surface area contributed by atoms with E-state index in [1.165, 1.54) is 0 Å². The van der Waals surface area contributed by atoms with Crippen molar-refractivity contribution in [1.82, 2.24) is 20.4 Å². The van der Waals surface area contributed by atoms with Crippen LogP contribution >= 0.6 is 0 Å². The molecule has 27 heavy (non-hydrogen) atoms. The summed E-state index contributed by atoms with van der Waals surface area (Å²) >= 11 is 0. The molecule has 4 rings (SSSR count). The van der Waals surface area contributed by atoms with E-state index in [2.05, 4.69) is 15.5 Å². The van der Waals surface area contributed by atoms with Gasteiger partial charge in [-0.15, -0.1) is 0 Å². The topological polar surface area (TPSA) is 80.5 Å². The number of likely N-dealkylation sites (tertiary alicyclic amines) is 1. The second-order valence-electron chi connectivity index (χ2n) is 7.28. The van der Waals surface area contributed by atoms with Gasteiger partial charge in [-0.1, -0.05) is 35.5 Å². The number of nitrogens with zero attached hydrogens (tertiary/aromatic N) is 3. The number of urea groups is 1. The van der Waals surface area contributed by atoms with Crippen LogP contribution in [0, 0.1) is 0 Å². The van der Waals surface area contributed by atoms with Gasteiger partial charge in [0, 0.05) is 44.7 Å². The maximum absolute atomic E-state index is 12.4. The minimum Gasteiger partial charge on any atom is -0.381 e. The number of aromatic nitrogens is 2. The first-order valence-corrected chi connectivity index (χ1v) is 9.77. The monoisotopic (exact) mass is 370 g/mol. The van der Waals surface area contributed by atoms with Gasteiger partial charge in [-0.3, -0.25) is 0 Å². The predicted molar refractivity (Wildman–Crippen MR) is 99.3 cm³/mol. The van der Waals surface area contributed by atoms with Crippen LogP contribution in [0.4, 0.5) is 4.79 Å². The van der Waals surface area contributed by atoms with Crippen molar-refractivity contribution in [2.75, 3.05) is 26.3 Å². The lowest BCUT2D eigenvalue weighted by molar-refractivity contribution is 0.0830. The van der Waals surface area contributed by atoms with Crippen LogP contribution in [0.2, 0.25) is 0 Å². The molecule has 0 spiro atoms. The zero-order valence-corrected chi connectivity index (χ0v) is 15.5. The van der Waals surface area contributed by atoms with Gasteiger partial charge in [0.05, 0.1) is 0 Å². The van der Waals surface area contributed by atoms with Crippen molar-refractivity contribution in [2.45, 2.75) is 44.1 Å². The minimum absolute atomic E-state index is 0.00859. The number of rotatable bonds is 4. The molecule has 1 aromatic carbocycles. The normalized spacial score (nSPS) is 19.2. The molecule has 2 amide bonds.